The van der Waals surface area contributed by atoms with Crippen LogP contribution in [0.15, 0.2) is 36.7 Å². The Labute approximate surface area is 122 Å². The third-order valence-corrected chi connectivity index (χ3v) is 3.70. The fourth-order valence-corrected chi connectivity index (χ4v) is 2.69. The highest BCUT2D eigenvalue weighted by atomic mass is 16.2. The SMILES string of the molecule is O=C(Cn1cnnn1)NCC1CCCN1c1ccccc1. The van der Waals surface area contributed by atoms with Crippen molar-refractivity contribution in [3.63, 3.8) is 0 Å². The van der Waals surface area contributed by atoms with Crippen molar-refractivity contribution in [3.05, 3.63) is 36.7 Å². The maximum atomic E-state index is 11.9. The minimum atomic E-state index is -0.0674. The summed E-state index contributed by atoms with van der Waals surface area (Å²) in [5, 5.41) is 13.7. The molecule has 1 aliphatic heterocycles. The lowest BCUT2D eigenvalue weighted by molar-refractivity contribution is -0.121. The van der Waals surface area contributed by atoms with Crippen LogP contribution in [0.4, 0.5) is 5.69 Å². The quantitative estimate of drug-likeness (QED) is 0.864. The molecule has 0 bridgehead atoms. The van der Waals surface area contributed by atoms with Gasteiger partial charge in [0, 0.05) is 24.8 Å². The highest BCUT2D eigenvalue weighted by Crippen LogP contribution is 2.24. The number of hydrogen-bond acceptors (Lipinski definition) is 5. The van der Waals surface area contributed by atoms with Gasteiger partial charge in [-0.1, -0.05) is 18.2 Å². The van der Waals surface area contributed by atoms with E-state index in [4.69, 9.17) is 0 Å². The fourth-order valence-electron chi connectivity index (χ4n) is 2.69. The Balaban J connectivity index is 1.53. The second kappa shape index (κ2) is 6.34. The molecule has 3 rings (SSSR count). The number of tetrazole rings is 1. The number of amides is 1. The van der Waals surface area contributed by atoms with Crippen molar-refractivity contribution in [2.24, 2.45) is 0 Å². The summed E-state index contributed by atoms with van der Waals surface area (Å²) in [6, 6.07) is 10.7. The van der Waals surface area contributed by atoms with Crippen LogP contribution < -0.4 is 10.2 Å². The molecular formula is C14H18N6O. The van der Waals surface area contributed by atoms with Gasteiger partial charge >= 0.3 is 0 Å². The summed E-state index contributed by atoms with van der Waals surface area (Å²) in [4.78, 5) is 14.2. The molecule has 110 valence electrons. The van der Waals surface area contributed by atoms with Crippen LogP contribution in [0.3, 0.4) is 0 Å². The number of nitrogens with one attached hydrogen (secondary N) is 1. The van der Waals surface area contributed by atoms with Crippen LogP contribution in [-0.4, -0.2) is 45.2 Å². The zero-order valence-electron chi connectivity index (χ0n) is 11.7. The molecule has 7 heteroatoms. The van der Waals surface area contributed by atoms with E-state index in [9.17, 15) is 4.79 Å². The molecule has 1 amide bonds. The summed E-state index contributed by atoms with van der Waals surface area (Å²) < 4.78 is 1.42. The minimum absolute atomic E-state index is 0.0674. The molecule has 1 N–H and O–H groups in total. The lowest BCUT2D eigenvalue weighted by Crippen LogP contribution is -2.41. The van der Waals surface area contributed by atoms with E-state index in [1.807, 2.05) is 18.2 Å². The molecule has 0 saturated carbocycles. The molecule has 2 heterocycles. The first-order valence-electron chi connectivity index (χ1n) is 7.12. The van der Waals surface area contributed by atoms with Crippen LogP contribution in [-0.2, 0) is 11.3 Å². The molecule has 0 radical (unpaired) electrons. The lowest BCUT2D eigenvalue weighted by Gasteiger charge is -2.27. The maximum Gasteiger partial charge on any atom is 0.241 e. The molecule has 1 unspecified atom stereocenters. The predicted octanol–water partition coefficient (Wildman–Crippen LogP) is 0.458. The Morgan fingerprint density at radius 2 is 2.19 bits per heavy atom. The first-order chi connectivity index (χ1) is 10.3. The number of nitrogens with zero attached hydrogens (tertiary/aromatic N) is 5. The number of carbonyl (C=O) groups is 1. The van der Waals surface area contributed by atoms with E-state index >= 15 is 0 Å². The second-order valence-corrected chi connectivity index (χ2v) is 5.14. The first kappa shape index (κ1) is 13.5. The largest absolute Gasteiger partial charge is 0.367 e. The Hall–Kier alpha value is -2.44. The van der Waals surface area contributed by atoms with Crippen LogP contribution in [0, 0.1) is 0 Å². The molecule has 2 aromatic rings. The Bertz CT molecular complexity index is 570. The normalized spacial score (nSPS) is 17.9. The maximum absolute atomic E-state index is 11.9. The van der Waals surface area contributed by atoms with Crippen molar-refractivity contribution in [3.8, 4) is 0 Å². The van der Waals surface area contributed by atoms with Gasteiger partial charge in [-0.15, -0.1) is 5.10 Å². The highest BCUT2D eigenvalue weighted by Gasteiger charge is 2.24. The summed E-state index contributed by atoms with van der Waals surface area (Å²) in [7, 11) is 0. The van der Waals surface area contributed by atoms with Gasteiger partial charge in [0.05, 0.1) is 0 Å². The van der Waals surface area contributed by atoms with Gasteiger partial charge in [-0.2, -0.15) is 0 Å². The number of rotatable bonds is 5. The van der Waals surface area contributed by atoms with E-state index in [1.165, 1.54) is 16.7 Å². The average molecular weight is 286 g/mol. The zero-order valence-corrected chi connectivity index (χ0v) is 11.7. The van der Waals surface area contributed by atoms with Crippen LogP contribution in [0.2, 0.25) is 0 Å². The fraction of sp³-hybridized carbons (Fsp3) is 0.429. The lowest BCUT2D eigenvalue weighted by atomic mass is 10.2. The van der Waals surface area contributed by atoms with Gasteiger partial charge in [0.25, 0.3) is 0 Å². The average Bonchev–Trinajstić information content (AvgIpc) is 3.17. The van der Waals surface area contributed by atoms with Crippen molar-refractivity contribution >= 4 is 11.6 Å². The number of aromatic nitrogens is 4. The van der Waals surface area contributed by atoms with E-state index in [0.29, 0.717) is 12.6 Å². The van der Waals surface area contributed by atoms with Crippen molar-refractivity contribution < 1.29 is 4.79 Å². The standard InChI is InChI=1S/C14H18N6O/c21-14(10-19-11-16-17-18-19)15-9-13-7-4-8-20(13)12-5-2-1-3-6-12/h1-3,5-6,11,13H,4,7-10H2,(H,15,21). The first-order valence-corrected chi connectivity index (χ1v) is 7.12. The minimum Gasteiger partial charge on any atom is -0.367 e. The summed E-state index contributed by atoms with van der Waals surface area (Å²) in [6.45, 7) is 1.85. The molecule has 1 aliphatic rings. The number of anilines is 1. The molecule has 0 spiro atoms. The molecule has 1 fully saturated rings. The van der Waals surface area contributed by atoms with Crippen LogP contribution in [0.25, 0.3) is 0 Å². The van der Waals surface area contributed by atoms with Gasteiger partial charge in [0.1, 0.15) is 12.9 Å². The molecule has 1 aromatic heterocycles. The summed E-state index contributed by atoms with van der Waals surface area (Å²) in [5.74, 6) is -0.0674. The molecule has 1 atom stereocenters. The van der Waals surface area contributed by atoms with Crippen molar-refractivity contribution in [1.29, 1.82) is 0 Å². The van der Waals surface area contributed by atoms with E-state index < -0.39 is 0 Å². The van der Waals surface area contributed by atoms with Gasteiger partial charge < -0.3 is 10.2 Å². The Kier molecular flexibility index (Phi) is 4.09. The molecular weight excluding hydrogens is 268 g/mol. The van der Waals surface area contributed by atoms with Gasteiger partial charge in [-0.25, -0.2) is 4.68 Å². The number of para-hydroxylation sites is 1. The summed E-state index contributed by atoms with van der Waals surface area (Å²) in [5.41, 5.74) is 1.22. The summed E-state index contributed by atoms with van der Waals surface area (Å²) >= 11 is 0. The zero-order chi connectivity index (χ0) is 14.5. The third kappa shape index (κ3) is 3.36. The van der Waals surface area contributed by atoms with Crippen molar-refractivity contribution in [1.82, 2.24) is 25.5 Å². The Morgan fingerprint density at radius 3 is 2.95 bits per heavy atom. The van der Waals surface area contributed by atoms with Crippen LogP contribution in [0.1, 0.15) is 12.8 Å². The van der Waals surface area contributed by atoms with Gasteiger partial charge in [0.2, 0.25) is 5.91 Å². The predicted molar refractivity (Wildman–Crippen MR) is 77.6 cm³/mol. The van der Waals surface area contributed by atoms with E-state index in [0.717, 1.165) is 19.4 Å². The van der Waals surface area contributed by atoms with Crippen molar-refractivity contribution in [2.75, 3.05) is 18.0 Å². The number of hydrogen-bond donors (Lipinski definition) is 1. The Morgan fingerprint density at radius 1 is 1.33 bits per heavy atom. The number of benzene rings is 1. The van der Waals surface area contributed by atoms with Gasteiger partial charge in [-0.3, -0.25) is 4.79 Å². The van der Waals surface area contributed by atoms with Crippen molar-refractivity contribution in [2.45, 2.75) is 25.4 Å². The molecule has 0 aliphatic carbocycles. The van der Waals surface area contributed by atoms with Crippen LogP contribution in [0.5, 0.6) is 0 Å². The van der Waals surface area contributed by atoms with E-state index in [-0.39, 0.29) is 12.5 Å². The van der Waals surface area contributed by atoms with E-state index in [2.05, 4.69) is 37.9 Å². The number of carbonyl (C=O) groups excluding carboxylic acids is 1. The monoisotopic (exact) mass is 286 g/mol. The third-order valence-electron chi connectivity index (χ3n) is 3.70. The van der Waals surface area contributed by atoms with Gasteiger partial charge in [-0.05, 0) is 35.4 Å². The second-order valence-electron chi connectivity index (χ2n) is 5.14. The smallest absolute Gasteiger partial charge is 0.241 e. The van der Waals surface area contributed by atoms with E-state index in [1.54, 1.807) is 0 Å². The van der Waals surface area contributed by atoms with Gasteiger partial charge in [0.15, 0.2) is 0 Å². The van der Waals surface area contributed by atoms with Crippen LogP contribution >= 0.6 is 0 Å². The topological polar surface area (TPSA) is 75.9 Å². The molecule has 1 saturated heterocycles. The highest BCUT2D eigenvalue weighted by molar-refractivity contribution is 5.75. The molecule has 1 aromatic carbocycles. The summed E-state index contributed by atoms with van der Waals surface area (Å²) in [6.07, 6.45) is 3.69. The molecule has 21 heavy (non-hydrogen) atoms. The molecule has 7 nitrogen and oxygen atoms in total.